The van der Waals surface area contributed by atoms with Crippen LogP contribution in [0.2, 0.25) is 0 Å². The summed E-state index contributed by atoms with van der Waals surface area (Å²) in [6.45, 7) is 0. The van der Waals surface area contributed by atoms with Crippen LogP contribution in [0.4, 0.5) is 0 Å². The van der Waals surface area contributed by atoms with E-state index in [9.17, 15) is 13.2 Å². The fourth-order valence-electron chi connectivity index (χ4n) is 1.03. The molecule has 0 heterocycles. The summed E-state index contributed by atoms with van der Waals surface area (Å²) in [5.41, 5.74) is 5.28. The topological polar surface area (TPSA) is 86.5 Å². The normalized spacial score (nSPS) is 11.1. The number of methoxy groups -OCH3 is 1. The molecule has 0 unspecified atom stereocenters. The molecule has 0 fully saturated rings. The van der Waals surface area contributed by atoms with Crippen molar-refractivity contribution < 1.29 is 17.9 Å². The van der Waals surface area contributed by atoms with Crippen molar-refractivity contribution in [3.63, 3.8) is 0 Å². The molecule has 6 heteroatoms. The van der Waals surface area contributed by atoms with Crippen LogP contribution in [0.15, 0.2) is 29.2 Å². The second kappa shape index (κ2) is 4.41. The molecule has 0 amide bonds. The van der Waals surface area contributed by atoms with Crippen molar-refractivity contribution >= 4 is 15.8 Å². The maximum Gasteiger partial charge on any atom is 0.337 e. The van der Waals surface area contributed by atoms with Gasteiger partial charge in [0.2, 0.25) is 0 Å². The molecule has 1 aromatic carbocycles. The summed E-state index contributed by atoms with van der Waals surface area (Å²) in [5, 5.41) is 0. The van der Waals surface area contributed by atoms with Gasteiger partial charge in [-0.05, 0) is 18.2 Å². The molecule has 1 rings (SSSR count). The lowest BCUT2D eigenvalue weighted by atomic mass is 10.2. The molecular weight excluding hydrogens is 218 g/mol. The van der Waals surface area contributed by atoms with Crippen LogP contribution >= 0.6 is 0 Å². The fraction of sp³-hybridized carbons (Fsp3) is 0.222. The Balaban J connectivity index is 3.20. The molecule has 5 nitrogen and oxygen atoms in total. The van der Waals surface area contributed by atoms with Gasteiger partial charge in [0.25, 0.3) is 0 Å². The summed E-state index contributed by atoms with van der Waals surface area (Å²) in [7, 11) is -2.26. The van der Waals surface area contributed by atoms with E-state index in [-0.39, 0.29) is 10.5 Å². The maximum atomic E-state index is 11.4. The second-order valence-corrected chi connectivity index (χ2v) is 4.84. The Kier molecular flexibility index (Phi) is 3.43. The van der Waals surface area contributed by atoms with Crippen molar-refractivity contribution in [1.82, 2.24) is 0 Å². The molecule has 0 radical (unpaired) electrons. The first-order valence-corrected chi connectivity index (χ1v) is 5.77. The highest BCUT2D eigenvalue weighted by Crippen LogP contribution is 2.12. The molecule has 0 aliphatic carbocycles. The summed E-state index contributed by atoms with van der Waals surface area (Å²) in [6.07, 6.45) is 0. The van der Waals surface area contributed by atoms with E-state index in [4.69, 9.17) is 5.73 Å². The summed E-state index contributed by atoms with van der Waals surface area (Å²) in [6, 6.07) is 5.57. The van der Waals surface area contributed by atoms with Crippen molar-refractivity contribution in [3.8, 4) is 0 Å². The standard InChI is InChI=1S/C9H11NO4S/c1-14-9(11)7-3-2-4-8(5-7)15(12,13)6-10/h2-5H,6,10H2,1H3. The van der Waals surface area contributed by atoms with Crippen LogP contribution in [0, 0.1) is 0 Å². The van der Waals surface area contributed by atoms with Gasteiger partial charge in [0.1, 0.15) is 5.88 Å². The van der Waals surface area contributed by atoms with E-state index in [1.165, 1.54) is 31.4 Å². The van der Waals surface area contributed by atoms with Gasteiger partial charge in [-0.15, -0.1) is 0 Å². The summed E-state index contributed by atoms with van der Waals surface area (Å²) >= 11 is 0. The average molecular weight is 229 g/mol. The molecule has 0 saturated carbocycles. The predicted molar refractivity (Wildman–Crippen MR) is 54.0 cm³/mol. The monoisotopic (exact) mass is 229 g/mol. The number of rotatable bonds is 3. The van der Waals surface area contributed by atoms with E-state index in [1.807, 2.05) is 0 Å². The maximum absolute atomic E-state index is 11.4. The third-order valence-corrected chi connectivity index (χ3v) is 3.24. The minimum Gasteiger partial charge on any atom is -0.465 e. The molecular formula is C9H11NO4S. The van der Waals surface area contributed by atoms with E-state index in [1.54, 1.807) is 0 Å². The van der Waals surface area contributed by atoms with Crippen LogP contribution in [-0.2, 0) is 14.6 Å². The second-order valence-electron chi connectivity index (χ2n) is 2.80. The van der Waals surface area contributed by atoms with E-state index >= 15 is 0 Å². The molecule has 15 heavy (non-hydrogen) atoms. The molecule has 0 spiro atoms. The van der Waals surface area contributed by atoms with Crippen LogP contribution in [-0.4, -0.2) is 27.4 Å². The first-order valence-electron chi connectivity index (χ1n) is 4.12. The molecule has 0 aromatic heterocycles. The molecule has 0 atom stereocenters. The van der Waals surface area contributed by atoms with Crippen molar-refractivity contribution in [3.05, 3.63) is 29.8 Å². The zero-order valence-electron chi connectivity index (χ0n) is 8.14. The van der Waals surface area contributed by atoms with E-state index in [0.29, 0.717) is 0 Å². The molecule has 0 aliphatic rings. The lowest BCUT2D eigenvalue weighted by Crippen LogP contribution is -2.15. The van der Waals surface area contributed by atoms with Gasteiger partial charge in [-0.1, -0.05) is 6.07 Å². The van der Waals surface area contributed by atoms with Gasteiger partial charge in [-0.3, -0.25) is 0 Å². The Hall–Kier alpha value is -1.40. The number of hydrogen-bond acceptors (Lipinski definition) is 5. The van der Waals surface area contributed by atoms with Gasteiger partial charge in [-0.25, -0.2) is 13.2 Å². The van der Waals surface area contributed by atoms with Gasteiger partial charge in [0.15, 0.2) is 9.84 Å². The molecule has 2 N–H and O–H groups in total. The van der Waals surface area contributed by atoms with Gasteiger partial charge in [0.05, 0.1) is 17.6 Å². The van der Waals surface area contributed by atoms with E-state index < -0.39 is 21.7 Å². The Morgan fingerprint density at radius 2 is 2.13 bits per heavy atom. The zero-order valence-corrected chi connectivity index (χ0v) is 8.95. The SMILES string of the molecule is COC(=O)c1cccc(S(=O)(=O)CN)c1. The smallest absolute Gasteiger partial charge is 0.337 e. The van der Waals surface area contributed by atoms with Crippen LogP contribution in [0.5, 0.6) is 0 Å². The van der Waals surface area contributed by atoms with Crippen molar-refractivity contribution in [2.24, 2.45) is 5.73 Å². The van der Waals surface area contributed by atoms with Crippen LogP contribution in [0.25, 0.3) is 0 Å². The average Bonchev–Trinajstić information content (AvgIpc) is 2.28. The molecule has 1 aromatic rings. The number of ether oxygens (including phenoxy) is 1. The largest absolute Gasteiger partial charge is 0.465 e. The zero-order chi connectivity index (χ0) is 11.5. The van der Waals surface area contributed by atoms with Gasteiger partial charge < -0.3 is 10.5 Å². The Bertz CT molecular complexity index is 467. The summed E-state index contributed by atoms with van der Waals surface area (Å²) in [4.78, 5) is 11.2. The molecule has 0 saturated heterocycles. The number of esters is 1. The third-order valence-electron chi connectivity index (χ3n) is 1.83. The minimum absolute atomic E-state index is 0.0212. The van der Waals surface area contributed by atoms with Gasteiger partial charge in [-0.2, -0.15) is 0 Å². The molecule has 82 valence electrons. The highest BCUT2D eigenvalue weighted by molar-refractivity contribution is 7.91. The Morgan fingerprint density at radius 3 is 2.67 bits per heavy atom. The number of hydrogen-bond donors (Lipinski definition) is 1. The highest BCUT2D eigenvalue weighted by Gasteiger charge is 2.14. The minimum atomic E-state index is -3.49. The third kappa shape index (κ3) is 2.54. The number of carbonyl (C=O) groups is 1. The van der Waals surface area contributed by atoms with Gasteiger partial charge >= 0.3 is 5.97 Å². The van der Waals surface area contributed by atoms with Crippen molar-refractivity contribution in [2.75, 3.05) is 13.0 Å². The molecule has 0 bridgehead atoms. The van der Waals surface area contributed by atoms with E-state index in [2.05, 4.69) is 4.74 Å². The quantitative estimate of drug-likeness (QED) is 0.746. The first kappa shape index (κ1) is 11.7. The number of nitrogens with two attached hydrogens (primary N) is 1. The highest BCUT2D eigenvalue weighted by atomic mass is 32.2. The summed E-state index contributed by atoms with van der Waals surface area (Å²) in [5.74, 6) is -1.07. The summed E-state index contributed by atoms with van der Waals surface area (Å²) < 4.78 is 27.2. The number of benzene rings is 1. The number of carbonyl (C=O) groups excluding carboxylic acids is 1. The fourth-order valence-corrected chi connectivity index (χ4v) is 1.82. The lowest BCUT2D eigenvalue weighted by Gasteiger charge is -2.03. The Morgan fingerprint density at radius 1 is 1.47 bits per heavy atom. The molecule has 0 aliphatic heterocycles. The van der Waals surface area contributed by atoms with Crippen LogP contribution in [0.3, 0.4) is 0 Å². The van der Waals surface area contributed by atoms with Gasteiger partial charge in [0, 0.05) is 0 Å². The Labute approximate surface area is 87.8 Å². The lowest BCUT2D eigenvalue weighted by molar-refractivity contribution is 0.0600. The number of sulfone groups is 1. The van der Waals surface area contributed by atoms with E-state index in [0.717, 1.165) is 0 Å². The van der Waals surface area contributed by atoms with Crippen LogP contribution in [0.1, 0.15) is 10.4 Å². The van der Waals surface area contributed by atoms with Crippen molar-refractivity contribution in [1.29, 1.82) is 0 Å². The predicted octanol–water partition coefficient (Wildman–Crippen LogP) is 0.163. The first-order chi connectivity index (χ1) is 7.01. The van der Waals surface area contributed by atoms with Crippen LogP contribution < -0.4 is 5.73 Å². The van der Waals surface area contributed by atoms with Crippen molar-refractivity contribution in [2.45, 2.75) is 4.90 Å².